The average molecular weight is 383 g/mol. The molecule has 1 aliphatic rings. The Morgan fingerprint density at radius 1 is 1.25 bits per heavy atom. The fourth-order valence-corrected chi connectivity index (χ4v) is 3.57. The van der Waals surface area contributed by atoms with Crippen LogP contribution in [0.25, 0.3) is 0 Å². The van der Waals surface area contributed by atoms with Crippen LogP contribution in [0, 0.1) is 5.82 Å². The summed E-state index contributed by atoms with van der Waals surface area (Å²) in [6.07, 6.45) is 2.99. The van der Waals surface area contributed by atoms with Gasteiger partial charge < -0.3 is 15.0 Å². The van der Waals surface area contributed by atoms with E-state index >= 15 is 0 Å². The van der Waals surface area contributed by atoms with Crippen molar-refractivity contribution in [2.45, 2.75) is 18.8 Å². The van der Waals surface area contributed by atoms with Gasteiger partial charge in [0.25, 0.3) is 0 Å². The molecule has 0 bridgehead atoms. The van der Waals surface area contributed by atoms with Gasteiger partial charge in [0.15, 0.2) is 6.29 Å². The van der Waals surface area contributed by atoms with Crippen molar-refractivity contribution in [1.29, 1.82) is 0 Å². The first kappa shape index (κ1) is 20.0. The second-order valence-electron chi connectivity index (χ2n) is 7.09. The summed E-state index contributed by atoms with van der Waals surface area (Å²) in [4.78, 5) is 18.2. The number of likely N-dealkylation sites (tertiary alicyclic amines) is 1. The van der Waals surface area contributed by atoms with Crippen molar-refractivity contribution >= 4 is 17.8 Å². The number of amidine groups is 1. The fraction of sp³-hybridized carbons (Fsp3) is 0.364. The first-order valence-electron chi connectivity index (χ1n) is 9.41. The number of carbonyl (C=O) groups excluding carboxylic acids is 1. The number of methoxy groups -OCH3 is 1. The van der Waals surface area contributed by atoms with Crippen LogP contribution in [0.2, 0.25) is 0 Å². The molecular weight excluding hydrogens is 357 g/mol. The second kappa shape index (κ2) is 8.97. The largest absolute Gasteiger partial charge is 0.497 e. The fourth-order valence-electron chi connectivity index (χ4n) is 3.57. The Labute approximate surface area is 165 Å². The van der Waals surface area contributed by atoms with Crippen molar-refractivity contribution in [3.63, 3.8) is 0 Å². The van der Waals surface area contributed by atoms with E-state index < -0.39 is 5.82 Å². The molecule has 6 heteroatoms. The monoisotopic (exact) mass is 383 g/mol. The maximum Gasteiger partial charge on any atom is 0.152 e. The van der Waals surface area contributed by atoms with E-state index in [9.17, 15) is 9.18 Å². The summed E-state index contributed by atoms with van der Waals surface area (Å²) < 4.78 is 19.5. The van der Waals surface area contributed by atoms with Gasteiger partial charge in [-0.05, 0) is 74.8 Å². The molecule has 2 aromatic rings. The molecule has 148 valence electrons. The number of halogens is 1. The van der Waals surface area contributed by atoms with Gasteiger partial charge in [0.1, 0.15) is 17.4 Å². The van der Waals surface area contributed by atoms with Gasteiger partial charge in [0.05, 0.1) is 18.4 Å². The Kier molecular flexibility index (Phi) is 6.41. The minimum Gasteiger partial charge on any atom is -0.497 e. The predicted molar refractivity (Wildman–Crippen MR) is 110 cm³/mol. The molecule has 0 spiro atoms. The van der Waals surface area contributed by atoms with Crippen LogP contribution in [-0.2, 0) is 0 Å². The molecule has 2 aromatic carbocycles. The smallest absolute Gasteiger partial charge is 0.152 e. The van der Waals surface area contributed by atoms with Gasteiger partial charge in [-0.25, -0.2) is 4.39 Å². The number of benzene rings is 2. The van der Waals surface area contributed by atoms with E-state index in [1.54, 1.807) is 19.2 Å². The molecule has 5 nitrogen and oxygen atoms in total. The summed E-state index contributed by atoms with van der Waals surface area (Å²) in [5.74, 6) is 0.919. The highest BCUT2D eigenvalue weighted by molar-refractivity contribution is 6.10. The molecule has 1 fully saturated rings. The lowest BCUT2D eigenvalue weighted by atomic mass is 9.88. The quantitative estimate of drug-likeness (QED) is 0.483. The minimum atomic E-state index is -0.413. The summed E-state index contributed by atoms with van der Waals surface area (Å²) in [6.45, 7) is 2.12. The van der Waals surface area contributed by atoms with Gasteiger partial charge in [-0.2, -0.15) is 0 Å². The van der Waals surface area contributed by atoms with Crippen molar-refractivity contribution < 1.29 is 13.9 Å². The Morgan fingerprint density at radius 2 is 2.00 bits per heavy atom. The third-order valence-corrected chi connectivity index (χ3v) is 5.30. The number of ether oxygens (including phenoxy) is 1. The lowest BCUT2D eigenvalue weighted by Gasteiger charge is -2.29. The Balaban J connectivity index is 1.86. The first-order valence-corrected chi connectivity index (χ1v) is 9.41. The molecule has 1 heterocycles. The zero-order valence-corrected chi connectivity index (χ0v) is 16.5. The number of piperidine rings is 1. The van der Waals surface area contributed by atoms with Gasteiger partial charge in [-0.15, -0.1) is 0 Å². The number of aliphatic imine (C=N–C) groups is 1. The second-order valence-corrected chi connectivity index (χ2v) is 7.09. The van der Waals surface area contributed by atoms with Gasteiger partial charge in [0.2, 0.25) is 0 Å². The predicted octanol–water partition coefficient (Wildman–Crippen LogP) is 3.94. The van der Waals surface area contributed by atoms with E-state index in [1.165, 1.54) is 18.7 Å². The van der Waals surface area contributed by atoms with Gasteiger partial charge in [0, 0.05) is 12.6 Å². The summed E-state index contributed by atoms with van der Waals surface area (Å²) in [6, 6.07) is 10.3. The van der Waals surface area contributed by atoms with Crippen LogP contribution in [0.5, 0.6) is 5.75 Å². The van der Waals surface area contributed by atoms with E-state index in [0.29, 0.717) is 28.8 Å². The van der Waals surface area contributed by atoms with Gasteiger partial charge >= 0.3 is 0 Å². The van der Waals surface area contributed by atoms with Crippen molar-refractivity contribution in [3.05, 3.63) is 58.9 Å². The summed E-state index contributed by atoms with van der Waals surface area (Å²) in [7, 11) is 5.23. The van der Waals surface area contributed by atoms with Crippen molar-refractivity contribution in [1.82, 2.24) is 4.90 Å². The van der Waals surface area contributed by atoms with Crippen LogP contribution in [0.1, 0.15) is 40.2 Å². The lowest BCUT2D eigenvalue weighted by Crippen LogP contribution is -2.29. The SMILES string of the molecule is CN=C(Nc1ccc(C2CCN(C)CC2)cc1C=O)c1cc(OC)ccc1F. The van der Waals surface area contributed by atoms with Crippen LogP contribution in [-0.4, -0.2) is 51.3 Å². The summed E-state index contributed by atoms with van der Waals surface area (Å²) in [5.41, 5.74) is 2.61. The van der Waals surface area contributed by atoms with E-state index in [1.807, 2.05) is 18.2 Å². The third-order valence-electron chi connectivity index (χ3n) is 5.30. The van der Waals surface area contributed by atoms with E-state index in [4.69, 9.17) is 4.74 Å². The zero-order chi connectivity index (χ0) is 20.1. The van der Waals surface area contributed by atoms with Crippen molar-refractivity contribution in [2.75, 3.05) is 39.6 Å². The molecule has 0 unspecified atom stereocenters. The Morgan fingerprint density at radius 3 is 2.64 bits per heavy atom. The van der Waals surface area contributed by atoms with Crippen molar-refractivity contribution in [2.24, 2.45) is 4.99 Å². The maximum absolute atomic E-state index is 14.3. The molecule has 1 N–H and O–H groups in total. The normalized spacial score (nSPS) is 16.1. The van der Waals surface area contributed by atoms with Crippen molar-refractivity contribution in [3.8, 4) is 5.75 Å². The molecule has 3 rings (SSSR count). The molecule has 28 heavy (non-hydrogen) atoms. The molecule has 0 saturated carbocycles. The zero-order valence-electron chi connectivity index (χ0n) is 16.5. The molecule has 0 amide bonds. The van der Waals surface area contributed by atoms with Gasteiger partial charge in [-0.3, -0.25) is 9.79 Å². The number of anilines is 1. The molecular formula is C22H26FN3O2. The molecule has 1 aliphatic heterocycles. The Hall–Kier alpha value is -2.73. The highest BCUT2D eigenvalue weighted by Crippen LogP contribution is 2.30. The average Bonchev–Trinajstić information content (AvgIpc) is 2.73. The van der Waals surface area contributed by atoms with E-state index in [0.717, 1.165) is 32.2 Å². The maximum atomic E-state index is 14.3. The van der Waals surface area contributed by atoms with Gasteiger partial charge in [-0.1, -0.05) is 6.07 Å². The number of rotatable bonds is 5. The number of carbonyl (C=O) groups is 1. The minimum absolute atomic E-state index is 0.290. The number of hydrogen-bond donors (Lipinski definition) is 1. The number of nitrogens with one attached hydrogen (secondary N) is 1. The number of hydrogen-bond acceptors (Lipinski definition) is 4. The topological polar surface area (TPSA) is 53.9 Å². The summed E-state index contributed by atoms with van der Waals surface area (Å²) >= 11 is 0. The highest BCUT2D eigenvalue weighted by atomic mass is 19.1. The lowest BCUT2D eigenvalue weighted by molar-refractivity contribution is 0.112. The molecule has 0 atom stereocenters. The summed E-state index contributed by atoms with van der Waals surface area (Å²) in [5, 5.41) is 3.11. The number of aldehydes is 1. The van der Waals surface area contributed by atoms with Crippen LogP contribution in [0.4, 0.5) is 10.1 Å². The molecule has 0 radical (unpaired) electrons. The van der Waals surface area contributed by atoms with Crippen LogP contribution >= 0.6 is 0 Å². The van der Waals surface area contributed by atoms with E-state index in [2.05, 4.69) is 22.3 Å². The number of nitrogens with zero attached hydrogens (tertiary/aromatic N) is 2. The molecule has 1 saturated heterocycles. The molecule has 0 aliphatic carbocycles. The van der Waals surface area contributed by atoms with E-state index in [-0.39, 0.29) is 5.56 Å². The van der Waals surface area contributed by atoms with Crippen LogP contribution in [0.3, 0.4) is 0 Å². The Bertz CT molecular complexity index is 874. The van der Waals surface area contributed by atoms with Crippen LogP contribution < -0.4 is 10.1 Å². The highest BCUT2D eigenvalue weighted by Gasteiger charge is 2.20. The molecule has 0 aromatic heterocycles. The standard InChI is InChI=1S/C22H26FN3O2/c1-24-22(19-13-18(28-3)5-6-20(19)23)25-21-7-4-16(12-17(21)14-27)15-8-10-26(2)11-9-15/h4-7,12-15H,8-11H2,1-3H3,(H,24,25). The van der Waals surface area contributed by atoms with Crippen LogP contribution in [0.15, 0.2) is 41.4 Å². The first-order chi connectivity index (χ1) is 13.5. The third kappa shape index (κ3) is 4.39.